The zero-order valence-electron chi connectivity index (χ0n) is 13.7. The second kappa shape index (κ2) is 7.15. The van der Waals surface area contributed by atoms with Crippen molar-refractivity contribution in [2.45, 2.75) is 19.5 Å². The van der Waals surface area contributed by atoms with Crippen LogP contribution in [0.2, 0.25) is 0 Å². The van der Waals surface area contributed by atoms with Crippen molar-refractivity contribution >= 4 is 23.2 Å². The van der Waals surface area contributed by atoms with Gasteiger partial charge in [0.15, 0.2) is 0 Å². The van der Waals surface area contributed by atoms with Crippen LogP contribution in [0.4, 0.5) is 0 Å². The molecule has 0 bridgehead atoms. The topological polar surface area (TPSA) is 66.6 Å². The number of hydrogen-bond acceptors (Lipinski definition) is 4. The Labute approximate surface area is 145 Å². The van der Waals surface area contributed by atoms with Crippen molar-refractivity contribution < 1.29 is 9.59 Å². The third-order valence-electron chi connectivity index (χ3n) is 4.30. The molecule has 6 heteroatoms. The van der Waals surface area contributed by atoms with Crippen LogP contribution in [0.5, 0.6) is 0 Å². The number of amides is 2. The van der Waals surface area contributed by atoms with E-state index in [1.807, 2.05) is 6.07 Å². The molecule has 1 aromatic carbocycles. The number of fused-ring (bicyclic) bond motifs is 1. The van der Waals surface area contributed by atoms with Gasteiger partial charge >= 0.3 is 0 Å². The van der Waals surface area contributed by atoms with Crippen molar-refractivity contribution in [3.8, 4) is 0 Å². The number of likely N-dealkylation sites (N-methyl/N-ethyl adjacent to an activating group) is 1. The fourth-order valence-corrected chi connectivity index (χ4v) is 3.83. The van der Waals surface area contributed by atoms with Gasteiger partial charge in [-0.3, -0.25) is 14.5 Å². The van der Waals surface area contributed by atoms with Gasteiger partial charge in [0.1, 0.15) is 0 Å². The lowest BCUT2D eigenvalue weighted by atomic mass is 10.1. The van der Waals surface area contributed by atoms with Gasteiger partial charge in [-0.15, -0.1) is 11.3 Å². The molecule has 2 N–H and O–H groups in total. The van der Waals surface area contributed by atoms with E-state index in [0.717, 1.165) is 25.1 Å². The second-order valence-corrected chi connectivity index (χ2v) is 7.14. The number of benzene rings is 1. The Morgan fingerprint density at radius 1 is 1.33 bits per heavy atom. The van der Waals surface area contributed by atoms with Gasteiger partial charge in [-0.25, -0.2) is 0 Å². The number of rotatable bonds is 5. The number of nitrogens with two attached hydrogens (primary N) is 1. The van der Waals surface area contributed by atoms with Crippen LogP contribution in [0.15, 0.2) is 35.7 Å². The number of thiophene rings is 1. The van der Waals surface area contributed by atoms with Gasteiger partial charge in [-0.2, -0.15) is 0 Å². The molecule has 2 heterocycles. The van der Waals surface area contributed by atoms with Crippen molar-refractivity contribution in [1.29, 1.82) is 0 Å². The van der Waals surface area contributed by atoms with Crippen LogP contribution in [0.25, 0.3) is 0 Å². The van der Waals surface area contributed by atoms with E-state index in [-0.39, 0.29) is 5.91 Å². The maximum atomic E-state index is 12.5. The van der Waals surface area contributed by atoms with Crippen LogP contribution in [-0.2, 0) is 24.3 Å². The summed E-state index contributed by atoms with van der Waals surface area (Å²) < 4.78 is 0. The molecule has 0 radical (unpaired) electrons. The van der Waals surface area contributed by atoms with Crippen LogP contribution in [-0.4, -0.2) is 41.8 Å². The number of carbonyl (C=O) groups excluding carboxylic acids is 2. The van der Waals surface area contributed by atoms with Gasteiger partial charge in [0.05, 0.1) is 6.54 Å². The van der Waals surface area contributed by atoms with Crippen molar-refractivity contribution in [3.05, 3.63) is 57.3 Å². The molecule has 2 amide bonds. The Bertz CT molecular complexity index is 756. The zero-order chi connectivity index (χ0) is 17.1. The Morgan fingerprint density at radius 3 is 2.96 bits per heavy atom. The lowest BCUT2D eigenvalue weighted by Gasteiger charge is -2.28. The average molecular weight is 343 g/mol. The molecule has 1 aliphatic rings. The molecule has 24 heavy (non-hydrogen) atoms. The minimum absolute atomic E-state index is 0.0816. The quantitative estimate of drug-likeness (QED) is 0.901. The van der Waals surface area contributed by atoms with Gasteiger partial charge in [0.25, 0.3) is 0 Å². The molecule has 0 aliphatic carbocycles. The van der Waals surface area contributed by atoms with Crippen molar-refractivity contribution in [2.75, 3.05) is 20.1 Å². The van der Waals surface area contributed by atoms with Crippen LogP contribution in [0.3, 0.4) is 0 Å². The van der Waals surface area contributed by atoms with Crippen molar-refractivity contribution in [3.63, 3.8) is 0 Å². The summed E-state index contributed by atoms with van der Waals surface area (Å²) in [4.78, 5) is 29.1. The number of nitrogens with zero attached hydrogens (tertiary/aromatic N) is 2. The van der Waals surface area contributed by atoms with Crippen LogP contribution in [0, 0.1) is 0 Å². The highest BCUT2D eigenvalue weighted by Gasteiger charge is 2.20. The van der Waals surface area contributed by atoms with Gasteiger partial charge < -0.3 is 10.6 Å². The molecule has 0 saturated carbocycles. The summed E-state index contributed by atoms with van der Waals surface area (Å²) in [6.07, 6.45) is 1.02. The monoisotopic (exact) mass is 343 g/mol. The van der Waals surface area contributed by atoms with E-state index >= 15 is 0 Å². The Kier molecular flexibility index (Phi) is 4.97. The maximum Gasteiger partial charge on any atom is 0.248 e. The summed E-state index contributed by atoms with van der Waals surface area (Å²) in [7, 11) is 1.79. The molecule has 1 aliphatic heterocycles. The number of hydrogen-bond donors (Lipinski definition) is 1. The van der Waals surface area contributed by atoms with Crippen LogP contribution in [0.1, 0.15) is 26.4 Å². The molecule has 0 saturated heterocycles. The third kappa shape index (κ3) is 3.83. The Balaban J connectivity index is 1.57. The second-order valence-electron chi connectivity index (χ2n) is 6.14. The molecular weight excluding hydrogens is 322 g/mol. The Morgan fingerprint density at radius 2 is 2.17 bits per heavy atom. The molecule has 0 spiro atoms. The summed E-state index contributed by atoms with van der Waals surface area (Å²) in [5.74, 6) is -0.371. The van der Waals surface area contributed by atoms with E-state index < -0.39 is 5.91 Å². The fourth-order valence-electron chi connectivity index (χ4n) is 2.94. The predicted octanol–water partition coefficient (Wildman–Crippen LogP) is 1.86. The highest BCUT2D eigenvalue weighted by Crippen LogP contribution is 2.23. The minimum Gasteiger partial charge on any atom is -0.366 e. The highest BCUT2D eigenvalue weighted by molar-refractivity contribution is 7.10. The summed E-state index contributed by atoms with van der Waals surface area (Å²) in [6, 6.07) is 9.26. The third-order valence-corrected chi connectivity index (χ3v) is 5.33. The summed E-state index contributed by atoms with van der Waals surface area (Å²) in [5, 5.41) is 2.12. The average Bonchev–Trinajstić information content (AvgIpc) is 3.02. The smallest absolute Gasteiger partial charge is 0.248 e. The first kappa shape index (κ1) is 16.7. The van der Waals surface area contributed by atoms with Crippen LogP contribution >= 0.6 is 11.3 Å². The van der Waals surface area contributed by atoms with E-state index in [1.165, 1.54) is 10.4 Å². The molecule has 3 rings (SSSR count). The molecular formula is C18H21N3O2S. The Hall–Kier alpha value is -2.18. The van der Waals surface area contributed by atoms with Gasteiger partial charge in [-0.1, -0.05) is 12.1 Å². The van der Waals surface area contributed by atoms with E-state index in [4.69, 9.17) is 5.73 Å². The molecule has 126 valence electrons. The minimum atomic E-state index is -0.453. The normalized spacial score (nSPS) is 14.2. The summed E-state index contributed by atoms with van der Waals surface area (Å²) >= 11 is 1.80. The molecule has 0 fully saturated rings. The van der Waals surface area contributed by atoms with Crippen molar-refractivity contribution in [1.82, 2.24) is 9.80 Å². The highest BCUT2D eigenvalue weighted by atomic mass is 32.1. The number of carbonyl (C=O) groups is 2. The predicted molar refractivity (Wildman–Crippen MR) is 94.7 cm³/mol. The first-order valence-electron chi connectivity index (χ1n) is 7.93. The molecule has 0 atom stereocenters. The molecule has 2 aromatic rings. The fraction of sp³-hybridized carbons (Fsp3) is 0.333. The van der Waals surface area contributed by atoms with Gasteiger partial charge in [-0.05, 0) is 41.1 Å². The first-order chi connectivity index (χ1) is 11.5. The largest absolute Gasteiger partial charge is 0.366 e. The molecule has 5 nitrogen and oxygen atoms in total. The molecule has 1 aromatic heterocycles. The van der Waals surface area contributed by atoms with Gasteiger partial charge in [0, 0.05) is 37.1 Å². The van der Waals surface area contributed by atoms with E-state index in [1.54, 1.807) is 41.5 Å². The number of primary amides is 1. The standard InChI is InChI=1S/C18H21N3O2S/c1-20(10-13-3-2-4-14(9-13)18(19)23)17(22)12-21-7-5-16-15(11-21)6-8-24-16/h2-4,6,8-9H,5,7,10-12H2,1H3,(H2,19,23). The van der Waals surface area contributed by atoms with E-state index in [0.29, 0.717) is 18.7 Å². The van der Waals surface area contributed by atoms with Gasteiger partial charge in [0.2, 0.25) is 11.8 Å². The SMILES string of the molecule is CN(Cc1cccc(C(N)=O)c1)C(=O)CN1CCc2sccc2C1. The molecule has 0 unspecified atom stereocenters. The van der Waals surface area contributed by atoms with E-state index in [9.17, 15) is 9.59 Å². The summed E-state index contributed by atoms with van der Waals surface area (Å²) in [5.41, 5.74) is 8.02. The zero-order valence-corrected chi connectivity index (χ0v) is 14.5. The lowest BCUT2D eigenvalue weighted by molar-refractivity contribution is -0.131. The van der Waals surface area contributed by atoms with Crippen molar-refractivity contribution in [2.24, 2.45) is 5.73 Å². The van der Waals surface area contributed by atoms with Crippen LogP contribution < -0.4 is 5.73 Å². The lowest BCUT2D eigenvalue weighted by Crippen LogP contribution is -2.40. The van der Waals surface area contributed by atoms with E-state index in [2.05, 4.69) is 16.3 Å². The maximum absolute atomic E-state index is 12.5. The summed E-state index contributed by atoms with van der Waals surface area (Å²) in [6.45, 7) is 2.65. The first-order valence-corrected chi connectivity index (χ1v) is 8.81.